The Morgan fingerprint density at radius 3 is 2.73 bits per heavy atom. The average Bonchev–Trinajstić information content (AvgIpc) is 3.04. The lowest BCUT2D eigenvalue weighted by atomic mass is 9.92. The largest absolute Gasteiger partial charge is 0.497 e. The summed E-state index contributed by atoms with van der Waals surface area (Å²) in [5.41, 5.74) is 10.3. The van der Waals surface area contributed by atoms with Crippen LogP contribution in [0, 0.1) is 0 Å². The molecule has 1 aliphatic heterocycles. The molecule has 2 atom stereocenters. The first-order valence-electron chi connectivity index (χ1n) is 8.90. The number of methoxy groups -OCH3 is 1. The van der Waals surface area contributed by atoms with Gasteiger partial charge in [0.2, 0.25) is 0 Å². The van der Waals surface area contributed by atoms with Gasteiger partial charge in [-0.2, -0.15) is 0 Å². The molecule has 2 unspecified atom stereocenters. The van der Waals surface area contributed by atoms with Gasteiger partial charge < -0.3 is 20.4 Å². The lowest BCUT2D eigenvalue weighted by Gasteiger charge is -2.38. The van der Waals surface area contributed by atoms with Crippen LogP contribution < -0.4 is 10.5 Å². The molecule has 1 aliphatic rings. The number of carbonyl (C=O) groups is 1. The minimum absolute atomic E-state index is 0.0230. The van der Waals surface area contributed by atoms with E-state index in [1.807, 2.05) is 54.3 Å². The third-order valence-corrected chi connectivity index (χ3v) is 5.16. The molecule has 0 bridgehead atoms. The zero-order valence-electron chi connectivity index (χ0n) is 15.0. The molecule has 3 N–H and O–H groups in total. The fourth-order valence-corrected chi connectivity index (χ4v) is 3.94. The molecule has 0 saturated carbocycles. The normalized spacial score (nSPS) is 17.8. The van der Waals surface area contributed by atoms with E-state index in [9.17, 15) is 4.79 Å². The highest BCUT2D eigenvalue weighted by Crippen LogP contribution is 2.37. The van der Waals surface area contributed by atoms with E-state index >= 15 is 0 Å². The van der Waals surface area contributed by atoms with Crippen molar-refractivity contribution in [1.82, 2.24) is 9.88 Å². The summed E-state index contributed by atoms with van der Waals surface area (Å²) >= 11 is 0. The smallest absolute Gasteiger partial charge is 0.254 e. The van der Waals surface area contributed by atoms with Gasteiger partial charge in [0.05, 0.1) is 13.2 Å². The van der Waals surface area contributed by atoms with Crippen LogP contribution in [0.1, 0.15) is 34.6 Å². The van der Waals surface area contributed by atoms with Crippen LogP contribution in [-0.2, 0) is 6.42 Å². The van der Waals surface area contributed by atoms with Crippen molar-refractivity contribution < 1.29 is 9.53 Å². The standard InChI is InChI=1S/C21H23N3O2/c1-13(22)20-19-16(17-12-15(26-2)8-9-18(17)23-19)10-11-24(20)21(25)14-6-4-3-5-7-14/h3-9,12-13,20,23H,10-11,22H2,1-2H3. The van der Waals surface area contributed by atoms with Gasteiger partial charge in [0.25, 0.3) is 5.91 Å². The highest BCUT2D eigenvalue weighted by atomic mass is 16.5. The van der Waals surface area contributed by atoms with Gasteiger partial charge >= 0.3 is 0 Å². The monoisotopic (exact) mass is 349 g/mol. The zero-order chi connectivity index (χ0) is 18.3. The Morgan fingerprint density at radius 1 is 1.27 bits per heavy atom. The Kier molecular flexibility index (Phi) is 4.17. The Hall–Kier alpha value is -2.79. The van der Waals surface area contributed by atoms with Crippen LogP contribution in [0.3, 0.4) is 0 Å². The van der Waals surface area contributed by atoms with E-state index in [1.165, 1.54) is 5.56 Å². The number of aromatic amines is 1. The first-order valence-corrected chi connectivity index (χ1v) is 8.90. The first kappa shape index (κ1) is 16.7. The van der Waals surface area contributed by atoms with Gasteiger partial charge in [0.1, 0.15) is 5.75 Å². The van der Waals surface area contributed by atoms with Crippen LogP contribution in [0.15, 0.2) is 48.5 Å². The molecule has 0 radical (unpaired) electrons. The van der Waals surface area contributed by atoms with Gasteiger partial charge in [-0.05, 0) is 49.2 Å². The predicted octanol–water partition coefficient (Wildman–Crippen LogP) is 3.26. The Bertz CT molecular complexity index is 947. The summed E-state index contributed by atoms with van der Waals surface area (Å²) in [5.74, 6) is 0.856. The number of rotatable bonds is 3. The van der Waals surface area contributed by atoms with Gasteiger partial charge in [-0.1, -0.05) is 18.2 Å². The number of hydrogen-bond donors (Lipinski definition) is 2. The highest BCUT2D eigenvalue weighted by molar-refractivity contribution is 5.95. The minimum atomic E-state index is -0.184. The zero-order valence-corrected chi connectivity index (χ0v) is 15.0. The molecule has 5 heteroatoms. The Labute approximate surface area is 152 Å². The Balaban J connectivity index is 1.79. The lowest BCUT2D eigenvalue weighted by Crippen LogP contribution is -2.46. The summed E-state index contributed by atoms with van der Waals surface area (Å²) in [5, 5.41) is 1.15. The van der Waals surface area contributed by atoms with E-state index in [2.05, 4.69) is 11.1 Å². The molecule has 2 aromatic carbocycles. The molecule has 0 saturated heterocycles. The summed E-state index contributed by atoms with van der Waals surface area (Å²) in [6, 6.07) is 15.1. The lowest BCUT2D eigenvalue weighted by molar-refractivity contribution is 0.0632. The quantitative estimate of drug-likeness (QED) is 0.762. The van der Waals surface area contributed by atoms with E-state index in [-0.39, 0.29) is 18.0 Å². The van der Waals surface area contributed by atoms with E-state index in [0.717, 1.165) is 28.8 Å². The molecule has 4 rings (SSSR count). The molecule has 26 heavy (non-hydrogen) atoms. The highest BCUT2D eigenvalue weighted by Gasteiger charge is 2.35. The maximum Gasteiger partial charge on any atom is 0.254 e. The molecule has 1 aromatic heterocycles. The van der Waals surface area contributed by atoms with Gasteiger partial charge in [-0.3, -0.25) is 4.79 Å². The van der Waals surface area contributed by atoms with Crippen molar-refractivity contribution in [1.29, 1.82) is 0 Å². The minimum Gasteiger partial charge on any atom is -0.497 e. The van der Waals surface area contributed by atoms with Crippen molar-refractivity contribution in [3.63, 3.8) is 0 Å². The number of nitrogens with two attached hydrogens (primary N) is 1. The third-order valence-electron chi connectivity index (χ3n) is 5.16. The van der Waals surface area contributed by atoms with E-state index in [4.69, 9.17) is 10.5 Å². The van der Waals surface area contributed by atoms with E-state index in [0.29, 0.717) is 12.1 Å². The maximum atomic E-state index is 13.1. The number of carbonyl (C=O) groups excluding carboxylic acids is 1. The number of H-pyrrole nitrogens is 1. The van der Waals surface area contributed by atoms with Gasteiger partial charge in [-0.25, -0.2) is 0 Å². The number of hydrogen-bond acceptors (Lipinski definition) is 3. The van der Waals surface area contributed by atoms with E-state index < -0.39 is 0 Å². The summed E-state index contributed by atoms with van der Waals surface area (Å²) in [6.07, 6.45) is 0.796. The summed E-state index contributed by atoms with van der Waals surface area (Å²) < 4.78 is 5.37. The summed E-state index contributed by atoms with van der Waals surface area (Å²) in [7, 11) is 1.67. The van der Waals surface area contributed by atoms with Crippen LogP contribution in [0.25, 0.3) is 10.9 Å². The maximum absolute atomic E-state index is 13.1. The number of aromatic nitrogens is 1. The average molecular weight is 349 g/mol. The van der Waals surface area contributed by atoms with Crippen molar-refractivity contribution in [2.45, 2.75) is 25.4 Å². The molecule has 2 heterocycles. The van der Waals surface area contributed by atoms with Gasteiger partial charge in [0.15, 0.2) is 0 Å². The molecule has 134 valence electrons. The molecule has 0 fully saturated rings. The van der Waals surface area contributed by atoms with Gasteiger partial charge in [-0.15, -0.1) is 0 Å². The molecule has 0 spiro atoms. The van der Waals surface area contributed by atoms with Crippen LogP contribution in [0.2, 0.25) is 0 Å². The van der Waals surface area contributed by atoms with Crippen molar-refractivity contribution in [3.8, 4) is 5.75 Å². The number of fused-ring (bicyclic) bond motifs is 3. The Morgan fingerprint density at radius 2 is 2.04 bits per heavy atom. The molecular formula is C21H23N3O2. The molecule has 5 nitrogen and oxygen atoms in total. The van der Waals surface area contributed by atoms with Gasteiger partial charge in [0, 0.05) is 34.7 Å². The second kappa shape index (κ2) is 6.50. The predicted molar refractivity (Wildman–Crippen MR) is 102 cm³/mol. The number of ether oxygens (including phenoxy) is 1. The number of nitrogens with zero attached hydrogens (tertiary/aromatic N) is 1. The van der Waals surface area contributed by atoms with Crippen LogP contribution in [0.5, 0.6) is 5.75 Å². The molecule has 3 aromatic rings. The van der Waals surface area contributed by atoms with Crippen molar-refractivity contribution >= 4 is 16.8 Å². The summed E-state index contributed by atoms with van der Waals surface area (Å²) in [6.45, 7) is 2.61. The second-order valence-electron chi connectivity index (χ2n) is 6.85. The van der Waals surface area contributed by atoms with Crippen LogP contribution >= 0.6 is 0 Å². The van der Waals surface area contributed by atoms with Crippen molar-refractivity contribution in [3.05, 3.63) is 65.4 Å². The van der Waals surface area contributed by atoms with Crippen molar-refractivity contribution in [2.75, 3.05) is 13.7 Å². The molecule has 1 amide bonds. The second-order valence-corrected chi connectivity index (χ2v) is 6.85. The fraction of sp³-hybridized carbons (Fsp3) is 0.286. The topological polar surface area (TPSA) is 71.3 Å². The van der Waals surface area contributed by atoms with Crippen molar-refractivity contribution in [2.24, 2.45) is 5.73 Å². The molecule has 0 aliphatic carbocycles. The first-order chi connectivity index (χ1) is 12.6. The van der Waals surface area contributed by atoms with E-state index in [1.54, 1.807) is 7.11 Å². The third kappa shape index (κ3) is 2.65. The number of nitrogens with one attached hydrogen (secondary N) is 1. The molecular weight excluding hydrogens is 326 g/mol. The number of benzene rings is 2. The van der Waals surface area contributed by atoms with Crippen LogP contribution in [-0.4, -0.2) is 35.5 Å². The summed E-state index contributed by atoms with van der Waals surface area (Å²) in [4.78, 5) is 18.5. The number of amides is 1. The fourth-order valence-electron chi connectivity index (χ4n) is 3.94. The van der Waals surface area contributed by atoms with Crippen LogP contribution in [0.4, 0.5) is 0 Å². The SMILES string of the molecule is COc1ccc2[nH]c3c(c2c1)CCN(C(=O)c1ccccc1)C3C(C)N.